The van der Waals surface area contributed by atoms with Crippen LogP contribution in [0.25, 0.3) is 5.70 Å². The lowest BCUT2D eigenvalue weighted by atomic mass is 10.1. The van der Waals surface area contributed by atoms with Crippen LogP contribution in [-0.4, -0.2) is 33.4 Å². The molecule has 0 fully saturated rings. The van der Waals surface area contributed by atoms with E-state index in [0.29, 0.717) is 23.8 Å². The Morgan fingerprint density at radius 2 is 1.63 bits per heavy atom. The van der Waals surface area contributed by atoms with Gasteiger partial charge in [0, 0.05) is 11.8 Å². The zero-order chi connectivity index (χ0) is 19.2. The highest BCUT2D eigenvalue weighted by Gasteiger charge is 2.17. The number of nitrogens with one attached hydrogen (secondary N) is 1. The van der Waals surface area contributed by atoms with Crippen molar-refractivity contribution in [1.82, 2.24) is 10.4 Å². The summed E-state index contributed by atoms with van der Waals surface area (Å²) in [5.41, 5.74) is 6.41. The molecule has 1 aliphatic rings. The van der Waals surface area contributed by atoms with E-state index < -0.39 is 0 Å². The van der Waals surface area contributed by atoms with Gasteiger partial charge in [-0.3, -0.25) is 10.4 Å². The van der Waals surface area contributed by atoms with Gasteiger partial charge in [-0.25, -0.2) is 0 Å². The molecule has 1 aliphatic heterocycles. The van der Waals surface area contributed by atoms with Crippen molar-refractivity contribution in [3.8, 4) is 23.0 Å². The van der Waals surface area contributed by atoms with Crippen molar-refractivity contribution in [1.29, 1.82) is 0 Å². The zero-order valence-corrected chi connectivity index (χ0v) is 16.0. The first-order chi connectivity index (χ1) is 13.2. The summed E-state index contributed by atoms with van der Waals surface area (Å²) in [6.07, 6.45) is 5.99. The molecule has 0 aliphatic carbocycles. The lowest BCUT2D eigenvalue weighted by molar-refractivity contribution is 0.311. The van der Waals surface area contributed by atoms with Crippen LogP contribution >= 0.6 is 0 Å². The van der Waals surface area contributed by atoms with Crippen LogP contribution in [0.1, 0.15) is 11.1 Å². The fraction of sp³-hybridized carbons (Fsp3) is 0.238. The lowest BCUT2D eigenvalue weighted by Gasteiger charge is -2.27. The Bertz CT molecular complexity index is 836. The van der Waals surface area contributed by atoms with Gasteiger partial charge in [0.25, 0.3) is 0 Å². The van der Waals surface area contributed by atoms with E-state index in [-0.39, 0.29) is 0 Å². The molecule has 0 unspecified atom stereocenters. The SMILES string of the molecule is COc1cccc(CN2C=CC=C(c3cc(OC)c(OC)c(OC)c3)N2)c1. The molecular weight excluding hydrogens is 344 g/mol. The van der Waals surface area contributed by atoms with Gasteiger partial charge in [-0.2, -0.15) is 0 Å². The van der Waals surface area contributed by atoms with Crippen LogP contribution in [0.3, 0.4) is 0 Å². The van der Waals surface area contributed by atoms with Gasteiger partial charge >= 0.3 is 0 Å². The van der Waals surface area contributed by atoms with Crippen molar-refractivity contribution >= 4 is 5.70 Å². The number of allylic oxidation sites excluding steroid dienone is 2. The highest BCUT2D eigenvalue weighted by Crippen LogP contribution is 2.39. The van der Waals surface area contributed by atoms with Gasteiger partial charge in [0.05, 0.1) is 40.7 Å². The number of rotatable bonds is 7. The van der Waals surface area contributed by atoms with Gasteiger partial charge < -0.3 is 18.9 Å². The summed E-state index contributed by atoms with van der Waals surface area (Å²) in [6, 6.07) is 11.8. The van der Waals surface area contributed by atoms with E-state index >= 15 is 0 Å². The summed E-state index contributed by atoms with van der Waals surface area (Å²) in [6.45, 7) is 0.690. The fourth-order valence-corrected chi connectivity index (χ4v) is 2.93. The van der Waals surface area contributed by atoms with Gasteiger partial charge in [-0.1, -0.05) is 12.1 Å². The van der Waals surface area contributed by atoms with Gasteiger partial charge in [-0.15, -0.1) is 0 Å². The van der Waals surface area contributed by atoms with Crippen molar-refractivity contribution in [2.24, 2.45) is 0 Å². The predicted octanol–water partition coefficient (Wildman–Crippen LogP) is 3.60. The molecule has 1 heterocycles. The minimum atomic E-state index is 0.573. The summed E-state index contributed by atoms with van der Waals surface area (Å²) in [7, 11) is 6.48. The molecule has 3 rings (SSSR count). The molecular formula is C21H24N2O4. The van der Waals surface area contributed by atoms with E-state index in [4.69, 9.17) is 18.9 Å². The second kappa shape index (κ2) is 8.40. The van der Waals surface area contributed by atoms with Crippen molar-refractivity contribution in [2.75, 3.05) is 28.4 Å². The molecule has 27 heavy (non-hydrogen) atoms. The summed E-state index contributed by atoms with van der Waals surface area (Å²) in [4.78, 5) is 0. The van der Waals surface area contributed by atoms with Gasteiger partial charge in [-0.05, 0) is 42.0 Å². The molecule has 0 spiro atoms. The second-order valence-electron chi connectivity index (χ2n) is 5.93. The first-order valence-electron chi connectivity index (χ1n) is 8.53. The van der Waals surface area contributed by atoms with E-state index in [1.54, 1.807) is 28.4 Å². The molecule has 0 radical (unpaired) electrons. The third-order valence-electron chi connectivity index (χ3n) is 4.26. The first kappa shape index (κ1) is 18.5. The molecule has 0 saturated carbocycles. The topological polar surface area (TPSA) is 52.2 Å². The molecule has 6 nitrogen and oxygen atoms in total. The maximum absolute atomic E-state index is 5.45. The summed E-state index contributed by atoms with van der Waals surface area (Å²) in [5, 5.41) is 2.01. The van der Waals surface area contributed by atoms with Crippen LogP contribution in [0.5, 0.6) is 23.0 Å². The minimum Gasteiger partial charge on any atom is -0.497 e. The molecule has 142 valence electrons. The molecule has 6 heteroatoms. The molecule has 2 aromatic rings. The summed E-state index contributed by atoms with van der Waals surface area (Å²) in [5.74, 6) is 2.64. The van der Waals surface area contributed by atoms with Crippen molar-refractivity contribution in [2.45, 2.75) is 6.54 Å². The Labute approximate surface area is 159 Å². The van der Waals surface area contributed by atoms with Crippen LogP contribution < -0.4 is 24.4 Å². The minimum absolute atomic E-state index is 0.573. The Kier molecular flexibility index (Phi) is 5.76. The maximum atomic E-state index is 5.45. The third kappa shape index (κ3) is 4.11. The van der Waals surface area contributed by atoms with E-state index in [9.17, 15) is 0 Å². The number of hydrogen-bond donors (Lipinski definition) is 1. The van der Waals surface area contributed by atoms with Gasteiger partial charge in [0.1, 0.15) is 5.75 Å². The molecule has 0 bridgehead atoms. The van der Waals surface area contributed by atoms with E-state index in [1.807, 2.05) is 53.7 Å². The quantitative estimate of drug-likeness (QED) is 0.806. The number of hydrogen-bond acceptors (Lipinski definition) is 6. The average molecular weight is 368 g/mol. The van der Waals surface area contributed by atoms with Crippen LogP contribution in [0, 0.1) is 0 Å². The Hall–Kier alpha value is -3.28. The van der Waals surface area contributed by atoms with Crippen LogP contribution in [-0.2, 0) is 6.54 Å². The monoisotopic (exact) mass is 368 g/mol. The molecule has 0 amide bonds. The highest BCUT2D eigenvalue weighted by molar-refractivity contribution is 5.71. The number of nitrogens with zero attached hydrogens (tertiary/aromatic N) is 1. The molecule has 2 aromatic carbocycles. The first-order valence-corrected chi connectivity index (χ1v) is 8.53. The second-order valence-corrected chi connectivity index (χ2v) is 5.93. The molecule has 1 N–H and O–H groups in total. The maximum Gasteiger partial charge on any atom is 0.203 e. The largest absolute Gasteiger partial charge is 0.497 e. The Morgan fingerprint density at radius 1 is 0.889 bits per heavy atom. The number of hydrazine groups is 1. The number of ether oxygens (including phenoxy) is 4. The average Bonchev–Trinajstić information content (AvgIpc) is 2.72. The molecule has 0 saturated heterocycles. The molecule has 0 atom stereocenters. The highest BCUT2D eigenvalue weighted by atomic mass is 16.5. The third-order valence-corrected chi connectivity index (χ3v) is 4.26. The van der Waals surface area contributed by atoms with Gasteiger partial charge in [0.15, 0.2) is 11.5 Å². The fourth-order valence-electron chi connectivity index (χ4n) is 2.93. The lowest BCUT2D eigenvalue weighted by Crippen LogP contribution is -2.33. The summed E-state index contributed by atoms with van der Waals surface area (Å²) >= 11 is 0. The van der Waals surface area contributed by atoms with E-state index in [1.165, 1.54) is 0 Å². The van der Waals surface area contributed by atoms with Crippen LogP contribution in [0.4, 0.5) is 0 Å². The predicted molar refractivity (Wildman–Crippen MR) is 105 cm³/mol. The standard InChI is InChI=1S/C21H24N2O4/c1-24-17-8-5-7-15(11-17)14-23-10-6-9-18(22-23)16-12-19(25-2)21(27-4)20(13-16)26-3/h5-13,22H,14H2,1-4H3. The van der Waals surface area contributed by atoms with Crippen molar-refractivity contribution in [3.05, 3.63) is 65.9 Å². The summed E-state index contributed by atoms with van der Waals surface area (Å²) < 4.78 is 21.6. The van der Waals surface area contributed by atoms with E-state index in [0.717, 1.165) is 22.6 Å². The van der Waals surface area contributed by atoms with Crippen LogP contribution in [0.2, 0.25) is 0 Å². The van der Waals surface area contributed by atoms with Crippen LogP contribution in [0.15, 0.2) is 54.8 Å². The Morgan fingerprint density at radius 3 is 2.26 bits per heavy atom. The zero-order valence-electron chi connectivity index (χ0n) is 16.0. The van der Waals surface area contributed by atoms with Gasteiger partial charge in [0.2, 0.25) is 5.75 Å². The van der Waals surface area contributed by atoms with E-state index in [2.05, 4.69) is 11.5 Å². The smallest absolute Gasteiger partial charge is 0.203 e. The van der Waals surface area contributed by atoms with Crippen molar-refractivity contribution in [3.63, 3.8) is 0 Å². The number of methoxy groups -OCH3 is 4. The number of benzene rings is 2. The normalized spacial score (nSPS) is 12.9. The molecule has 0 aromatic heterocycles. The van der Waals surface area contributed by atoms with Crippen molar-refractivity contribution < 1.29 is 18.9 Å². The Balaban J connectivity index is 1.82.